The average Bonchev–Trinajstić information content (AvgIpc) is 2.40. The number of benzene rings is 1. The number of halogens is 1. The zero-order valence-corrected chi connectivity index (χ0v) is 11.5. The topological polar surface area (TPSA) is 48.1 Å². The van der Waals surface area contributed by atoms with Gasteiger partial charge in [0.15, 0.2) is 0 Å². The quantitative estimate of drug-likeness (QED) is 0.922. The Kier molecular flexibility index (Phi) is 4.73. The number of rotatable bonds is 5. The summed E-state index contributed by atoms with van der Waals surface area (Å²) in [5, 5.41) is 0. The molecule has 0 aliphatic rings. The van der Waals surface area contributed by atoms with Gasteiger partial charge in [-0.2, -0.15) is 0 Å². The Hall–Kier alpha value is -1.39. The van der Waals surface area contributed by atoms with E-state index in [0.29, 0.717) is 6.61 Å². The van der Waals surface area contributed by atoms with E-state index in [1.165, 1.54) is 0 Å². The number of nitrogens with two attached hydrogens (primary N) is 1. The predicted molar refractivity (Wildman–Crippen MR) is 75.4 cm³/mol. The van der Waals surface area contributed by atoms with Crippen LogP contribution in [-0.2, 0) is 0 Å². The lowest BCUT2D eigenvalue weighted by atomic mass is 10.1. The molecule has 0 aliphatic carbocycles. The molecule has 0 amide bonds. The van der Waals surface area contributed by atoms with Gasteiger partial charge in [0.1, 0.15) is 5.75 Å². The van der Waals surface area contributed by atoms with Crippen LogP contribution in [0.4, 0.5) is 0 Å². The molecule has 4 heteroatoms. The Bertz CT molecular complexity index is 490. The number of ether oxygens (including phenoxy) is 1. The summed E-state index contributed by atoms with van der Waals surface area (Å²) in [6.45, 7) is 0.597. The van der Waals surface area contributed by atoms with Crippen LogP contribution in [0.5, 0.6) is 5.75 Å². The van der Waals surface area contributed by atoms with E-state index in [1.54, 1.807) is 12.4 Å². The van der Waals surface area contributed by atoms with E-state index in [2.05, 4.69) is 20.9 Å². The Labute approximate surface area is 115 Å². The summed E-state index contributed by atoms with van der Waals surface area (Å²) in [6.07, 6.45) is 4.28. The highest BCUT2D eigenvalue weighted by atomic mass is 79.9. The van der Waals surface area contributed by atoms with Gasteiger partial charge < -0.3 is 10.5 Å². The summed E-state index contributed by atoms with van der Waals surface area (Å²) in [7, 11) is 0. The van der Waals surface area contributed by atoms with Crippen molar-refractivity contribution in [2.45, 2.75) is 12.5 Å². The molecule has 2 rings (SSSR count). The molecule has 3 nitrogen and oxygen atoms in total. The summed E-state index contributed by atoms with van der Waals surface area (Å²) in [6, 6.07) is 11.6. The number of hydrogen-bond acceptors (Lipinski definition) is 3. The number of nitrogens with zero attached hydrogens (tertiary/aromatic N) is 1. The van der Waals surface area contributed by atoms with Crippen molar-refractivity contribution >= 4 is 15.9 Å². The molecule has 0 spiro atoms. The fourth-order valence-corrected chi connectivity index (χ4v) is 2.02. The summed E-state index contributed by atoms with van der Waals surface area (Å²) >= 11 is 3.41. The first-order valence-electron chi connectivity index (χ1n) is 5.79. The van der Waals surface area contributed by atoms with Crippen molar-refractivity contribution in [1.29, 1.82) is 0 Å². The fourth-order valence-electron chi connectivity index (χ4n) is 1.64. The summed E-state index contributed by atoms with van der Waals surface area (Å²) in [5.74, 6) is 0.853. The van der Waals surface area contributed by atoms with Gasteiger partial charge in [-0.1, -0.05) is 22.0 Å². The highest BCUT2D eigenvalue weighted by Crippen LogP contribution is 2.19. The first-order valence-corrected chi connectivity index (χ1v) is 6.59. The summed E-state index contributed by atoms with van der Waals surface area (Å²) in [4.78, 5) is 3.97. The smallest absolute Gasteiger partial charge is 0.120 e. The molecular formula is C14H15BrN2O. The normalized spacial score (nSPS) is 12.1. The molecule has 1 atom stereocenters. The van der Waals surface area contributed by atoms with Crippen LogP contribution in [-0.4, -0.2) is 11.6 Å². The highest BCUT2D eigenvalue weighted by molar-refractivity contribution is 9.10. The molecule has 0 bridgehead atoms. The minimum Gasteiger partial charge on any atom is -0.493 e. The van der Waals surface area contributed by atoms with Gasteiger partial charge in [0.05, 0.1) is 6.61 Å². The van der Waals surface area contributed by atoms with E-state index in [0.717, 1.165) is 22.2 Å². The molecule has 1 aromatic carbocycles. The zero-order valence-electron chi connectivity index (χ0n) is 9.92. The van der Waals surface area contributed by atoms with E-state index in [4.69, 9.17) is 10.5 Å². The van der Waals surface area contributed by atoms with E-state index in [-0.39, 0.29) is 6.04 Å². The maximum atomic E-state index is 6.07. The molecule has 0 saturated heterocycles. The Morgan fingerprint density at radius 1 is 1.22 bits per heavy atom. The zero-order chi connectivity index (χ0) is 12.8. The molecule has 94 valence electrons. The molecule has 0 saturated carbocycles. The van der Waals surface area contributed by atoms with Crippen molar-refractivity contribution in [3.8, 4) is 5.75 Å². The molecule has 0 aliphatic heterocycles. The monoisotopic (exact) mass is 306 g/mol. The van der Waals surface area contributed by atoms with Gasteiger partial charge in [-0.05, 0) is 35.9 Å². The molecule has 18 heavy (non-hydrogen) atoms. The van der Waals surface area contributed by atoms with Crippen molar-refractivity contribution in [2.24, 2.45) is 5.73 Å². The van der Waals surface area contributed by atoms with Crippen molar-refractivity contribution in [3.05, 3.63) is 58.8 Å². The van der Waals surface area contributed by atoms with Crippen molar-refractivity contribution in [1.82, 2.24) is 4.98 Å². The Morgan fingerprint density at radius 2 is 2.00 bits per heavy atom. The second-order valence-corrected chi connectivity index (χ2v) is 4.90. The largest absolute Gasteiger partial charge is 0.493 e. The lowest BCUT2D eigenvalue weighted by Crippen LogP contribution is -2.14. The van der Waals surface area contributed by atoms with Crippen molar-refractivity contribution < 1.29 is 4.74 Å². The van der Waals surface area contributed by atoms with E-state index >= 15 is 0 Å². The molecule has 0 fully saturated rings. The van der Waals surface area contributed by atoms with Crippen LogP contribution in [0.15, 0.2) is 53.3 Å². The first-order chi connectivity index (χ1) is 8.75. The molecule has 2 aromatic rings. The second kappa shape index (κ2) is 6.52. The van der Waals surface area contributed by atoms with Crippen LogP contribution in [0, 0.1) is 0 Å². The van der Waals surface area contributed by atoms with Crippen molar-refractivity contribution in [2.75, 3.05) is 6.61 Å². The van der Waals surface area contributed by atoms with Crippen LogP contribution in [0.25, 0.3) is 0 Å². The van der Waals surface area contributed by atoms with Crippen LogP contribution < -0.4 is 10.5 Å². The maximum Gasteiger partial charge on any atom is 0.120 e. The first kappa shape index (κ1) is 13.1. The predicted octanol–water partition coefficient (Wildman–Crippen LogP) is 3.31. The Morgan fingerprint density at radius 3 is 2.72 bits per heavy atom. The highest BCUT2D eigenvalue weighted by Gasteiger charge is 2.05. The van der Waals surface area contributed by atoms with Crippen LogP contribution in [0.2, 0.25) is 0 Å². The second-order valence-electron chi connectivity index (χ2n) is 3.98. The summed E-state index contributed by atoms with van der Waals surface area (Å²) < 4.78 is 6.67. The fraction of sp³-hybridized carbons (Fsp3) is 0.214. The molecule has 1 heterocycles. The van der Waals surface area contributed by atoms with Gasteiger partial charge in [-0.15, -0.1) is 0 Å². The third kappa shape index (κ3) is 3.82. The van der Waals surface area contributed by atoms with E-state index < -0.39 is 0 Å². The van der Waals surface area contributed by atoms with Crippen LogP contribution >= 0.6 is 15.9 Å². The van der Waals surface area contributed by atoms with Gasteiger partial charge in [0.2, 0.25) is 0 Å². The third-order valence-corrected chi connectivity index (χ3v) is 3.12. The molecule has 1 unspecified atom stereocenters. The van der Waals surface area contributed by atoms with Crippen molar-refractivity contribution in [3.63, 3.8) is 0 Å². The lowest BCUT2D eigenvalue weighted by Gasteiger charge is -2.12. The number of hydrogen-bond donors (Lipinski definition) is 1. The molecule has 0 radical (unpaired) electrons. The number of pyridine rings is 1. The molecule has 1 aromatic heterocycles. The maximum absolute atomic E-state index is 6.07. The average molecular weight is 307 g/mol. The van der Waals surface area contributed by atoms with Gasteiger partial charge in [-0.3, -0.25) is 4.98 Å². The van der Waals surface area contributed by atoms with E-state index in [1.807, 2.05) is 36.4 Å². The lowest BCUT2D eigenvalue weighted by molar-refractivity contribution is 0.298. The molecular weight excluding hydrogens is 292 g/mol. The van der Waals surface area contributed by atoms with Crippen LogP contribution in [0.3, 0.4) is 0 Å². The minimum absolute atomic E-state index is 0.0137. The number of aromatic nitrogens is 1. The molecule has 2 N–H and O–H groups in total. The van der Waals surface area contributed by atoms with E-state index in [9.17, 15) is 0 Å². The third-order valence-electron chi connectivity index (χ3n) is 2.63. The Balaban J connectivity index is 1.82. The SMILES string of the molecule is NC(CCOc1cccc(Br)c1)c1ccncc1. The van der Waals surface area contributed by atoms with Gasteiger partial charge in [-0.25, -0.2) is 0 Å². The standard InChI is InChI=1S/C14H15BrN2O/c15-12-2-1-3-13(10-12)18-9-6-14(16)11-4-7-17-8-5-11/h1-5,7-8,10,14H,6,9,16H2. The summed E-state index contributed by atoms with van der Waals surface area (Å²) in [5.41, 5.74) is 7.16. The van der Waals surface area contributed by atoms with Crippen LogP contribution in [0.1, 0.15) is 18.0 Å². The van der Waals surface area contributed by atoms with Gasteiger partial charge >= 0.3 is 0 Å². The van der Waals surface area contributed by atoms with Gasteiger partial charge in [0, 0.05) is 29.3 Å². The minimum atomic E-state index is -0.0137. The van der Waals surface area contributed by atoms with Gasteiger partial charge in [0.25, 0.3) is 0 Å².